The summed E-state index contributed by atoms with van der Waals surface area (Å²) in [6, 6.07) is 13.4. The summed E-state index contributed by atoms with van der Waals surface area (Å²) in [6.07, 6.45) is 0. The fourth-order valence-corrected chi connectivity index (χ4v) is 4.55. The first kappa shape index (κ1) is 23.7. The van der Waals surface area contributed by atoms with Crippen molar-refractivity contribution in [3.05, 3.63) is 53.6 Å². The zero-order valence-electron chi connectivity index (χ0n) is 20.7. The van der Waals surface area contributed by atoms with E-state index in [1.165, 1.54) is 0 Å². The highest BCUT2D eigenvalue weighted by molar-refractivity contribution is 6.00. The number of ether oxygens (including phenoxy) is 2. The van der Waals surface area contributed by atoms with Gasteiger partial charge < -0.3 is 35.6 Å². The summed E-state index contributed by atoms with van der Waals surface area (Å²) in [5, 5.41) is 12.8. The van der Waals surface area contributed by atoms with E-state index in [2.05, 4.69) is 39.2 Å². The second-order valence-corrected chi connectivity index (χ2v) is 8.80. The van der Waals surface area contributed by atoms with Crippen LogP contribution in [0.25, 0.3) is 0 Å². The van der Waals surface area contributed by atoms with Gasteiger partial charge in [-0.1, -0.05) is 19.1 Å². The maximum absolute atomic E-state index is 12.4. The Morgan fingerprint density at radius 2 is 1.92 bits per heavy atom. The van der Waals surface area contributed by atoms with E-state index in [0.29, 0.717) is 28.8 Å². The molecule has 0 bridgehead atoms. The Bertz CT molecular complexity index is 1260. The van der Waals surface area contributed by atoms with E-state index >= 15 is 0 Å². The van der Waals surface area contributed by atoms with Gasteiger partial charge in [0, 0.05) is 49.9 Å². The molecule has 0 aliphatic carbocycles. The lowest BCUT2D eigenvalue weighted by atomic mass is 10.1. The smallest absolute Gasteiger partial charge is 0.253 e. The third-order valence-electron chi connectivity index (χ3n) is 6.47. The molecule has 0 unspecified atom stereocenters. The van der Waals surface area contributed by atoms with Crippen LogP contribution in [0.3, 0.4) is 0 Å². The molecular formula is C26H31N7O3. The Hall–Kier alpha value is -4.05. The number of nitrogens with zero attached hydrogens (tertiary/aromatic N) is 3. The summed E-state index contributed by atoms with van der Waals surface area (Å²) in [5.41, 5.74) is 4.05. The summed E-state index contributed by atoms with van der Waals surface area (Å²) in [4.78, 5) is 24.2. The first-order chi connectivity index (χ1) is 17.6. The van der Waals surface area contributed by atoms with Gasteiger partial charge in [0.25, 0.3) is 5.91 Å². The third-order valence-corrected chi connectivity index (χ3v) is 6.47. The lowest BCUT2D eigenvalue weighted by Gasteiger charge is -2.29. The molecule has 188 valence electrons. The topological polar surface area (TPSA) is 113 Å². The van der Waals surface area contributed by atoms with Crippen LogP contribution in [0.2, 0.25) is 0 Å². The Morgan fingerprint density at radius 1 is 1.11 bits per heavy atom. The number of hydrogen-bond acceptors (Lipinski definition) is 9. The predicted molar refractivity (Wildman–Crippen MR) is 141 cm³/mol. The van der Waals surface area contributed by atoms with Gasteiger partial charge in [-0.2, -0.15) is 9.97 Å². The maximum atomic E-state index is 12.4. The first-order valence-corrected chi connectivity index (χ1v) is 12.1. The maximum Gasteiger partial charge on any atom is 0.253 e. The van der Waals surface area contributed by atoms with Crippen molar-refractivity contribution in [3.8, 4) is 5.75 Å². The number of aromatic nitrogens is 2. The van der Waals surface area contributed by atoms with E-state index in [0.717, 1.165) is 55.6 Å². The number of hydrogen-bond donors (Lipinski definition) is 4. The molecule has 2 aromatic carbocycles. The van der Waals surface area contributed by atoms with Gasteiger partial charge >= 0.3 is 0 Å². The number of amides is 1. The fourth-order valence-electron chi connectivity index (χ4n) is 4.55. The van der Waals surface area contributed by atoms with Crippen LogP contribution in [-0.4, -0.2) is 62.9 Å². The van der Waals surface area contributed by atoms with Crippen LogP contribution in [0.1, 0.15) is 28.8 Å². The van der Waals surface area contributed by atoms with E-state index in [1.807, 2.05) is 30.3 Å². The van der Waals surface area contributed by atoms with E-state index in [4.69, 9.17) is 19.4 Å². The van der Waals surface area contributed by atoms with Gasteiger partial charge in [0.1, 0.15) is 17.4 Å². The van der Waals surface area contributed by atoms with Gasteiger partial charge in [0.15, 0.2) is 0 Å². The number of rotatable bonds is 7. The molecular weight excluding hydrogens is 458 g/mol. The second-order valence-electron chi connectivity index (χ2n) is 8.80. The molecule has 36 heavy (non-hydrogen) atoms. The normalized spacial score (nSPS) is 16.6. The van der Waals surface area contributed by atoms with Crippen LogP contribution in [0.5, 0.6) is 5.75 Å². The van der Waals surface area contributed by atoms with Gasteiger partial charge in [-0.3, -0.25) is 4.79 Å². The molecule has 10 heteroatoms. The summed E-state index contributed by atoms with van der Waals surface area (Å²) in [6.45, 7) is 6.01. The molecule has 5 rings (SSSR count). The molecule has 1 amide bonds. The number of para-hydroxylation sites is 1. The molecule has 2 aliphatic rings. The van der Waals surface area contributed by atoms with E-state index < -0.39 is 0 Å². The number of carbonyl (C=O) groups is 1. The summed E-state index contributed by atoms with van der Waals surface area (Å²) in [7, 11) is 3.27. The van der Waals surface area contributed by atoms with Crippen molar-refractivity contribution < 1.29 is 14.3 Å². The van der Waals surface area contributed by atoms with Crippen molar-refractivity contribution in [1.29, 1.82) is 0 Å². The van der Waals surface area contributed by atoms with Crippen LogP contribution >= 0.6 is 0 Å². The van der Waals surface area contributed by atoms with Crippen molar-refractivity contribution in [2.24, 2.45) is 0 Å². The highest BCUT2D eigenvalue weighted by Crippen LogP contribution is 2.39. The number of anilines is 6. The fraction of sp³-hybridized carbons (Fsp3) is 0.346. The summed E-state index contributed by atoms with van der Waals surface area (Å²) < 4.78 is 11.2. The Balaban J connectivity index is 1.47. The quantitative estimate of drug-likeness (QED) is 0.395. The van der Waals surface area contributed by atoms with Gasteiger partial charge in [-0.25, -0.2) is 0 Å². The molecule has 2 aliphatic heterocycles. The number of benzene rings is 2. The molecule has 3 heterocycles. The molecule has 0 radical (unpaired) electrons. The van der Waals surface area contributed by atoms with Crippen LogP contribution in [-0.2, 0) is 4.74 Å². The third kappa shape index (κ3) is 4.72. The van der Waals surface area contributed by atoms with Crippen molar-refractivity contribution in [1.82, 2.24) is 15.3 Å². The molecule has 3 aromatic rings. The van der Waals surface area contributed by atoms with E-state index in [-0.39, 0.29) is 11.8 Å². The molecule has 1 saturated heterocycles. The van der Waals surface area contributed by atoms with E-state index in [9.17, 15) is 4.79 Å². The highest BCUT2D eigenvalue weighted by Gasteiger charge is 2.26. The average molecular weight is 490 g/mol. The molecule has 1 atom stereocenters. The number of morpholine rings is 1. The van der Waals surface area contributed by atoms with Gasteiger partial charge in [0.05, 0.1) is 37.3 Å². The minimum Gasteiger partial charge on any atom is -0.494 e. The number of methoxy groups -OCH3 is 1. The van der Waals surface area contributed by atoms with Crippen molar-refractivity contribution in [2.45, 2.75) is 12.8 Å². The Morgan fingerprint density at radius 3 is 2.69 bits per heavy atom. The molecule has 0 spiro atoms. The largest absolute Gasteiger partial charge is 0.494 e. The van der Waals surface area contributed by atoms with Crippen LogP contribution < -0.4 is 30.9 Å². The van der Waals surface area contributed by atoms with Crippen molar-refractivity contribution >= 4 is 40.6 Å². The molecule has 4 N–H and O–H groups in total. The monoisotopic (exact) mass is 489 g/mol. The lowest BCUT2D eigenvalue weighted by Crippen LogP contribution is -2.36. The van der Waals surface area contributed by atoms with Crippen molar-refractivity contribution in [3.63, 3.8) is 0 Å². The van der Waals surface area contributed by atoms with Crippen LogP contribution in [0, 0.1) is 0 Å². The Labute approximate surface area is 210 Å². The zero-order valence-corrected chi connectivity index (χ0v) is 20.7. The van der Waals surface area contributed by atoms with Crippen molar-refractivity contribution in [2.75, 3.05) is 67.9 Å². The predicted octanol–water partition coefficient (Wildman–Crippen LogP) is 3.70. The number of fused-ring (bicyclic) bond motifs is 1. The lowest BCUT2D eigenvalue weighted by molar-refractivity contribution is 0.0964. The summed E-state index contributed by atoms with van der Waals surface area (Å²) >= 11 is 0. The number of nitrogens with one attached hydrogen (secondary N) is 4. The molecule has 0 saturated carbocycles. The standard InChI is InChI=1S/C26H31N7O3/c1-16-15-28-23-22(16)24(29-19-7-5-4-6-18(19)25(34)27-2)32-26(31-23)30-20-9-8-17(14-21(20)35-3)33-10-12-36-13-11-33/h4-9,14,16H,10-13,15H2,1-3H3,(H,27,34)(H3,28,29,30,31,32)/t16-/m1/s1. The SMILES string of the molecule is CNC(=O)c1ccccc1Nc1nc(Nc2ccc(N3CCOCC3)cc2OC)nc2c1[C@H](C)CN2. The first-order valence-electron chi connectivity index (χ1n) is 12.1. The van der Waals surface area contributed by atoms with E-state index in [1.54, 1.807) is 20.2 Å². The van der Waals surface area contributed by atoms with Crippen LogP contribution in [0.15, 0.2) is 42.5 Å². The average Bonchev–Trinajstić information content (AvgIpc) is 3.29. The van der Waals surface area contributed by atoms with Gasteiger partial charge in [-0.05, 0) is 24.3 Å². The highest BCUT2D eigenvalue weighted by atomic mass is 16.5. The molecule has 1 fully saturated rings. The molecule has 1 aromatic heterocycles. The van der Waals surface area contributed by atoms with Gasteiger partial charge in [0.2, 0.25) is 5.95 Å². The zero-order chi connectivity index (χ0) is 25.1. The number of carbonyl (C=O) groups excluding carboxylic acids is 1. The van der Waals surface area contributed by atoms with Crippen LogP contribution in [0.4, 0.5) is 34.6 Å². The minimum absolute atomic E-state index is 0.168. The Kier molecular flexibility index (Phi) is 6.77. The molecule has 10 nitrogen and oxygen atoms in total. The minimum atomic E-state index is -0.168. The second kappa shape index (κ2) is 10.3. The van der Waals surface area contributed by atoms with Gasteiger partial charge in [-0.15, -0.1) is 0 Å². The summed E-state index contributed by atoms with van der Waals surface area (Å²) in [5.74, 6) is 2.59.